The van der Waals surface area contributed by atoms with Gasteiger partial charge in [-0.15, -0.1) is 0 Å². The van der Waals surface area contributed by atoms with Crippen molar-refractivity contribution in [3.8, 4) is 11.1 Å². The maximum absolute atomic E-state index is 6.07. The van der Waals surface area contributed by atoms with Crippen LogP contribution in [0.5, 0.6) is 0 Å². The van der Waals surface area contributed by atoms with Crippen molar-refractivity contribution >= 4 is 56.8 Å². The Morgan fingerprint density at radius 3 is 2.21 bits per heavy atom. The summed E-state index contributed by atoms with van der Waals surface area (Å²) in [7, 11) is 2.14. The van der Waals surface area contributed by atoms with Crippen LogP contribution in [-0.2, 0) is 0 Å². The quantitative estimate of drug-likeness (QED) is 0.267. The largest absolute Gasteiger partial charge is 0.456 e. The van der Waals surface area contributed by atoms with Gasteiger partial charge in [-0.2, -0.15) is 0 Å². The van der Waals surface area contributed by atoms with Crippen LogP contribution in [0.15, 0.2) is 95.4 Å². The summed E-state index contributed by atoms with van der Waals surface area (Å²) >= 11 is 0. The van der Waals surface area contributed by atoms with Crippen LogP contribution in [0.3, 0.4) is 0 Å². The minimum absolute atomic E-state index is 0.937. The van der Waals surface area contributed by atoms with E-state index >= 15 is 0 Å². The SMILES string of the molecule is Bc1ccc2c(ccc3cc(-c4cccc5oc6ccccc6c45)ccc32)c1. The second kappa shape index (κ2) is 5.74. The molecule has 5 aromatic carbocycles. The topological polar surface area (TPSA) is 13.1 Å². The molecule has 0 aliphatic carbocycles. The van der Waals surface area contributed by atoms with Gasteiger partial charge in [0, 0.05) is 10.8 Å². The van der Waals surface area contributed by atoms with Gasteiger partial charge in [-0.3, -0.25) is 0 Å². The zero-order valence-electron chi connectivity index (χ0n) is 15.6. The van der Waals surface area contributed by atoms with Gasteiger partial charge in [-0.05, 0) is 50.9 Å². The first-order valence-electron chi connectivity index (χ1n) is 9.62. The van der Waals surface area contributed by atoms with Crippen molar-refractivity contribution in [2.45, 2.75) is 0 Å². The van der Waals surface area contributed by atoms with Crippen LogP contribution in [0, 0.1) is 0 Å². The molecule has 0 N–H and O–H groups in total. The van der Waals surface area contributed by atoms with E-state index in [2.05, 4.69) is 86.7 Å². The molecule has 1 heterocycles. The average Bonchev–Trinajstić information content (AvgIpc) is 3.12. The highest BCUT2D eigenvalue weighted by Crippen LogP contribution is 2.38. The lowest BCUT2D eigenvalue weighted by Gasteiger charge is -2.09. The number of hydrogen-bond acceptors (Lipinski definition) is 1. The molecular formula is C26H17BO. The fourth-order valence-corrected chi connectivity index (χ4v) is 4.37. The van der Waals surface area contributed by atoms with Gasteiger partial charge in [0.15, 0.2) is 0 Å². The molecule has 28 heavy (non-hydrogen) atoms. The molecule has 6 aromatic rings. The number of para-hydroxylation sites is 1. The Balaban J connectivity index is 1.64. The number of hydrogen-bond donors (Lipinski definition) is 0. The maximum atomic E-state index is 6.07. The van der Waals surface area contributed by atoms with Crippen LogP contribution in [0.25, 0.3) is 54.6 Å². The molecule has 1 aromatic heterocycles. The minimum atomic E-state index is 0.937. The number of benzene rings is 5. The van der Waals surface area contributed by atoms with E-state index in [1.165, 1.54) is 48.9 Å². The molecule has 0 saturated heterocycles. The Kier molecular flexibility index (Phi) is 3.18. The Bertz CT molecular complexity index is 1520. The first-order valence-corrected chi connectivity index (χ1v) is 9.62. The maximum Gasteiger partial charge on any atom is 0.139 e. The molecule has 0 radical (unpaired) electrons. The smallest absolute Gasteiger partial charge is 0.139 e. The van der Waals surface area contributed by atoms with Gasteiger partial charge >= 0.3 is 0 Å². The standard InChI is InChI=1S/C26H17BO/c27-19-11-13-21-18(15-19)9-8-16-14-17(10-12-20(16)21)22-5-3-7-25-26(22)23-4-1-2-6-24(23)28-25/h1-15H,27H2. The second-order valence-corrected chi connectivity index (χ2v) is 7.50. The van der Waals surface area contributed by atoms with Crippen LogP contribution in [0.1, 0.15) is 0 Å². The van der Waals surface area contributed by atoms with E-state index in [9.17, 15) is 0 Å². The Morgan fingerprint density at radius 1 is 0.571 bits per heavy atom. The van der Waals surface area contributed by atoms with Gasteiger partial charge < -0.3 is 4.42 Å². The minimum Gasteiger partial charge on any atom is -0.456 e. The lowest BCUT2D eigenvalue weighted by molar-refractivity contribution is 0.669. The molecule has 0 unspecified atom stereocenters. The number of furan rings is 1. The fraction of sp³-hybridized carbons (Fsp3) is 0. The summed E-state index contributed by atoms with van der Waals surface area (Å²) in [6.45, 7) is 0. The molecular weight excluding hydrogens is 339 g/mol. The van der Waals surface area contributed by atoms with Gasteiger partial charge in [0.2, 0.25) is 0 Å². The van der Waals surface area contributed by atoms with Gasteiger partial charge in [0.05, 0.1) is 0 Å². The summed E-state index contributed by atoms with van der Waals surface area (Å²) in [4.78, 5) is 0. The van der Waals surface area contributed by atoms with Crippen LogP contribution in [0.4, 0.5) is 0 Å². The van der Waals surface area contributed by atoms with E-state index in [4.69, 9.17) is 4.42 Å². The summed E-state index contributed by atoms with van der Waals surface area (Å²) < 4.78 is 6.07. The summed E-state index contributed by atoms with van der Waals surface area (Å²) in [5.41, 5.74) is 5.60. The third-order valence-corrected chi connectivity index (χ3v) is 5.70. The molecule has 6 rings (SSSR count). The lowest BCUT2D eigenvalue weighted by atomic mass is 9.91. The fourth-order valence-electron chi connectivity index (χ4n) is 4.37. The van der Waals surface area contributed by atoms with E-state index < -0.39 is 0 Å². The molecule has 0 aliphatic rings. The second-order valence-electron chi connectivity index (χ2n) is 7.50. The van der Waals surface area contributed by atoms with Crippen molar-refractivity contribution in [1.82, 2.24) is 0 Å². The third-order valence-electron chi connectivity index (χ3n) is 5.70. The number of rotatable bonds is 1. The summed E-state index contributed by atoms with van der Waals surface area (Å²) in [6, 6.07) is 32.5. The summed E-state index contributed by atoms with van der Waals surface area (Å²) in [5.74, 6) is 0. The molecule has 0 aliphatic heterocycles. The highest BCUT2D eigenvalue weighted by molar-refractivity contribution is 6.33. The molecule has 1 nitrogen and oxygen atoms in total. The van der Waals surface area contributed by atoms with E-state index in [1.54, 1.807) is 0 Å². The highest BCUT2D eigenvalue weighted by atomic mass is 16.3. The Labute approximate surface area is 163 Å². The molecule has 2 heteroatoms. The van der Waals surface area contributed by atoms with Crippen LogP contribution in [0.2, 0.25) is 0 Å². The molecule has 0 saturated carbocycles. The first-order chi connectivity index (χ1) is 13.8. The molecule has 0 atom stereocenters. The molecule has 0 amide bonds. The van der Waals surface area contributed by atoms with Gasteiger partial charge in [0.25, 0.3) is 0 Å². The highest BCUT2D eigenvalue weighted by Gasteiger charge is 2.12. The first kappa shape index (κ1) is 15.5. The summed E-state index contributed by atoms with van der Waals surface area (Å²) in [5, 5.41) is 7.52. The zero-order valence-corrected chi connectivity index (χ0v) is 15.6. The molecule has 0 spiro atoms. The van der Waals surface area contributed by atoms with E-state index in [1.807, 2.05) is 12.1 Å². The van der Waals surface area contributed by atoms with Crippen molar-refractivity contribution in [2.75, 3.05) is 0 Å². The predicted octanol–water partition coefficient (Wildman–Crippen LogP) is 5.82. The predicted molar refractivity (Wildman–Crippen MR) is 122 cm³/mol. The number of fused-ring (bicyclic) bond motifs is 6. The average molecular weight is 356 g/mol. The van der Waals surface area contributed by atoms with Gasteiger partial charge in [0.1, 0.15) is 19.0 Å². The molecule has 130 valence electrons. The normalized spacial score (nSPS) is 11.7. The zero-order chi connectivity index (χ0) is 18.7. The monoisotopic (exact) mass is 356 g/mol. The summed E-state index contributed by atoms with van der Waals surface area (Å²) in [6.07, 6.45) is 0. The van der Waals surface area contributed by atoms with Crippen LogP contribution >= 0.6 is 0 Å². The van der Waals surface area contributed by atoms with E-state index in [0.717, 1.165) is 11.2 Å². The van der Waals surface area contributed by atoms with Crippen LogP contribution < -0.4 is 5.46 Å². The molecule has 0 fully saturated rings. The van der Waals surface area contributed by atoms with Crippen molar-refractivity contribution in [3.05, 3.63) is 91.0 Å². The molecule has 0 bridgehead atoms. The van der Waals surface area contributed by atoms with Crippen molar-refractivity contribution in [3.63, 3.8) is 0 Å². The van der Waals surface area contributed by atoms with Gasteiger partial charge in [-0.1, -0.05) is 78.3 Å². The van der Waals surface area contributed by atoms with E-state index in [0.29, 0.717) is 0 Å². The van der Waals surface area contributed by atoms with Crippen LogP contribution in [-0.4, -0.2) is 7.85 Å². The Hall–Kier alpha value is -3.52. The third kappa shape index (κ3) is 2.21. The van der Waals surface area contributed by atoms with Gasteiger partial charge in [-0.25, -0.2) is 0 Å². The Morgan fingerprint density at radius 2 is 1.32 bits per heavy atom. The van der Waals surface area contributed by atoms with Crippen molar-refractivity contribution in [1.29, 1.82) is 0 Å². The van der Waals surface area contributed by atoms with E-state index in [-0.39, 0.29) is 0 Å². The van der Waals surface area contributed by atoms with Crippen molar-refractivity contribution < 1.29 is 4.42 Å². The lowest BCUT2D eigenvalue weighted by Crippen LogP contribution is -1.99. The van der Waals surface area contributed by atoms with Crippen molar-refractivity contribution in [2.24, 2.45) is 0 Å².